The minimum atomic E-state index is -5.00. The van der Waals surface area contributed by atoms with Crippen LogP contribution in [0.2, 0.25) is 0 Å². The summed E-state index contributed by atoms with van der Waals surface area (Å²) in [6.45, 7) is -1.24. The standard InChI is InChI=1S/C41H43N11O23S6.O3S/c1-23(53)44-30-21-32(33(72-2)22-31(30)48-47-29-14-5-24(20-34(29)78(60,61)62)4-3-15-73-79(63,64)65)49-51-39-35(41(54)55)38(50-45-25-6-10-27(11-7-25)76(56,57)18-16-74-80(66,67)68)36(42)40(37(39)43)52-46-26-8-12-28(13-9-26)77(58,59)19-17-75-81(69,70)71;1-4(2)3/h5-14,20-22H,3-4,15-19,42-43H2,1-2H3,(H,44,53)(H,54,55)(H,60,61,62)(H,63,64,65)(H,66,67,68)(H,69,70,71);. The highest BCUT2D eigenvalue weighted by molar-refractivity contribution is 7.91. The second-order valence-electron chi connectivity index (χ2n) is 16.0. The molecule has 0 fully saturated rings. The molecule has 0 heterocycles. The highest BCUT2D eigenvalue weighted by atomic mass is 32.3. The van der Waals surface area contributed by atoms with E-state index in [1.165, 1.54) is 6.07 Å². The number of benzene rings is 5. The fraction of sp³-hybridized carbons (Fsp3) is 0.220. The lowest BCUT2D eigenvalue weighted by atomic mass is 10.1. The minimum absolute atomic E-state index is 0.00837. The first-order chi connectivity index (χ1) is 39.3. The zero-order valence-corrected chi connectivity index (χ0v) is 48.6. The number of methoxy groups -OCH3 is 1. The Morgan fingerprint density at radius 2 is 0.976 bits per heavy atom. The van der Waals surface area contributed by atoms with E-state index in [0.717, 1.165) is 86.8 Å². The van der Waals surface area contributed by atoms with Gasteiger partial charge < -0.3 is 26.6 Å². The van der Waals surface area contributed by atoms with Crippen molar-refractivity contribution in [2.75, 3.05) is 55.2 Å². The molecule has 0 spiro atoms. The molecule has 37 nitrogen and oxygen atoms in total. The van der Waals surface area contributed by atoms with Gasteiger partial charge in [-0.25, -0.2) is 34.2 Å². The number of hydrogen-bond acceptors (Lipinski definition) is 31. The molecule has 0 aliphatic carbocycles. The van der Waals surface area contributed by atoms with Gasteiger partial charge in [0, 0.05) is 13.0 Å². The first kappa shape index (κ1) is 69.4. The van der Waals surface area contributed by atoms with E-state index in [2.05, 4.69) is 58.8 Å². The van der Waals surface area contributed by atoms with Crippen LogP contribution in [0.25, 0.3) is 0 Å². The number of carboxylic acids is 1. The Hall–Kier alpha value is -8.12. The number of nitrogens with one attached hydrogen (secondary N) is 1. The van der Waals surface area contributed by atoms with Crippen LogP contribution in [0.5, 0.6) is 5.75 Å². The number of anilines is 3. The van der Waals surface area contributed by atoms with Gasteiger partial charge in [0.2, 0.25) is 5.91 Å². The lowest BCUT2D eigenvalue weighted by Gasteiger charge is -2.14. The molecule has 85 heavy (non-hydrogen) atoms. The van der Waals surface area contributed by atoms with E-state index >= 15 is 0 Å². The third kappa shape index (κ3) is 22.1. The number of nitrogen functional groups attached to an aromatic ring is 2. The third-order valence-electron chi connectivity index (χ3n) is 10.1. The fourth-order valence-corrected chi connectivity index (χ4v) is 10.5. The number of sulfone groups is 2. The van der Waals surface area contributed by atoms with Gasteiger partial charge in [0.05, 0.1) is 76.7 Å². The summed E-state index contributed by atoms with van der Waals surface area (Å²) in [5, 5.41) is 45.3. The predicted molar refractivity (Wildman–Crippen MR) is 290 cm³/mol. The lowest BCUT2D eigenvalue weighted by Crippen LogP contribution is -2.15. The van der Waals surface area contributed by atoms with Crippen LogP contribution in [0, 0.1) is 0 Å². The molecule has 0 unspecified atom stereocenters. The quantitative estimate of drug-likeness (QED) is 0.0142. The van der Waals surface area contributed by atoms with Crippen molar-refractivity contribution in [1.82, 2.24) is 0 Å². The maximum Gasteiger partial charge on any atom is 0.425 e. The topological polar surface area (TPSA) is 591 Å². The summed E-state index contributed by atoms with van der Waals surface area (Å²) in [6.07, 6.45) is -0.0100. The molecule has 5 rings (SSSR count). The summed E-state index contributed by atoms with van der Waals surface area (Å²) in [7, 11) is -30.0. The first-order valence-corrected chi connectivity index (χ1v) is 32.2. The average molecular weight is 1330 g/mol. The number of carbonyl (C=O) groups excluding carboxylic acids is 1. The zero-order chi connectivity index (χ0) is 63.9. The number of nitrogens with zero attached hydrogens (tertiary/aromatic N) is 8. The molecule has 0 saturated heterocycles. The highest BCUT2D eigenvalue weighted by Gasteiger charge is 2.28. The van der Waals surface area contributed by atoms with Crippen LogP contribution in [-0.2, 0) is 95.4 Å². The molecule has 0 aliphatic rings. The molecule has 44 heteroatoms. The van der Waals surface area contributed by atoms with Crippen LogP contribution in [0.3, 0.4) is 0 Å². The Labute approximate surface area is 483 Å². The Balaban J connectivity index is 0.00000375. The molecule has 1 amide bonds. The number of azo groups is 4. The van der Waals surface area contributed by atoms with Crippen molar-refractivity contribution >= 4 is 146 Å². The van der Waals surface area contributed by atoms with E-state index in [4.69, 9.17) is 42.5 Å². The van der Waals surface area contributed by atoms with Crippen molar-refractivity contribution < 1.29 is 113 Å². The normalized spacial score (nSPS) is 12.6. The van der Waals surface area contributed by atoms with Gasteiger partial charge in [-0.2, -0.15) is 43.9 Å². The van der Waals surface area contributed by atoms with Crippen molar-refractivity contribution in [3.8, 4) is 5.75 Å². The molecular weight excluding hydrogens is 1290 g/mol. The number of rotatable bonds is 27. The Morgan fingerprint density at radius 3 is 1.40 bits per heavy atom. The second kappa shape index (κ2) is 29.1. The number of aryl methyl sites for hydroxylation is 1. The number of hydrogen-bond donors (Lipinski definition) is 8. The van der Waals surface area contributed by atoms with Crippen molar-refractivity contribution in [2.45, 2.75) is 34.5 Å². The van der Waals surface area contributed by atoms with Gasteiger partial charge in [0.25, 0.3) is 10.1 Å². The molecular formula is C41H43N11O26S7. The van der Waals surface area contributed by atoms with Crippen LogP contribution >= 0.6 is 0 Å². The van der Waals surface area contributed by atoms with Gasteiger partial charge in [-0.1, -0.05) is 6.07 Å². The monoisotopic (exact) mass is 1330 g/mol. The number of aromatic carboxylic acids is 1. The fourth-order valence-electron chi connectivity index (χ4n) is 6.49. The summed E-state index contributed by atoms with van der Waals surface area (Å²) in [5.74, 6) is -4.50. The molecule has 5 aromatic rings. The summed E-state index contributed by atoms with van der Waals surface area (Å²) >= 11 is 0. The van der Waals surface area contributed by atoms with E-state index in [9.17, 15) is 69.8 Å². The second-order valence-corrected chi connectivity index (χ2v) is 25.3. The SMILES string of the molecule is COc1cc(N=Nc2ccc(CCCOS(=O)(=O)O)cc2S(=O)(=O)O)c(NC(C)=O)cc1N=Nc1c(N)c(N=Nc2ccc(S(=O)(=O)CCOS(=O)(=O)O)cc2)c(N)c(N=Nc2ccc(S(=O)(=O)CCOS(=O)(=O)O)cc2)c1C(=O)O.O=S(=O)=O. The van der Waals surface area contributed by atoms with Crippen LogP contribution < -0.4 is 21.5 Å². The van der Waals surface area contributed by atoms with Crippen molar-refractivity contribution in [3.05, 3.63) is 90.0 Å². The average Bonchev–Trinajstić information content (AvgIpc) is 2.20. The van der Waals surface area contributed by atoms with Gasteiger partial charge in [-0.05, 0) is 85.1 Å². The number of ether oxygens (including phenoxy) is 1. The van der Waals surface area contributed by atoms with Crippen molar-refractivity contribution in [1.29, 1.82) is 0 Å². The van der Waals surface area contributed by atoms with Crippen LogP contribution in [0.4, 0.5) is 62.6 Å². The van der Waals surface area contributed by atoms with Gasteiger partial charge in [-0.15, -0.1) is 43.3 Å². The molecule has 0 aliphatic heterocycles. The zero-order valence-electron chi connectivity index (χ0n) is 42.9. The Morgan fingerprint density at radius 1 is 0.553 bits per heavy atom. The molecule has 0 aromatic heterocycles. The van der Waals surface area contributed by atoms with Gasteiger partial charge in [-0.3, -0.25) is 23.0 Å². The largest absolute Gasteiger partial charge is 0.494 e. The van der Waals surface area contributed by atoms with E-state index < -0.39 is 159 Å². The van der Waals surface area contributed by atoms with Crippen LogP contribution in [-0.4, -0.2) is 137 Å². The van der Waals surface area contributed by atoms with Crippen molar-refractivity contribution in [2.24, 2.45) is 40.9 Å². The number of amides is 1. The van der Waals surface area contributed by atoms with Gasteiger partial charge in [0.1, 0.15) is 50.3 Å². The smallest absolute Gasteiger partial charge is 0.425 e. The van der Waals surface area contributed by atoms with Gasteiger partial charge >= 0.3 is 47.8 Å². The summed E-state index contributed by atoms with van der Waals surface area (Å²) in [4.78, 5) is 24.1. The Bertz CT molecular complexity index is 4320. The van der Waals surface area contributed by atoms with Crippen LogP contribution in [0.15, 0.2) is 134 Å². The van der Waals surface area contributed by atoms with E-state index in [-0.39, 0.29) is 62.4 Å². The summed E-state index contributed by atoms with van der Waals surface area (Å²) in [6, 6.07) is 14.4. The first-order valence-electron chi connectivity index (χ1n) is 22.3. The molecule has 0 saturated carbocycles. The highest BCUT2D eigenvalue weighted by Crippen LogP contribution is 2.50. The Kier molecular flexibility index (Phi) is 23.8. The number of carbonyl (C=O) groups is 2. The van der Waals surface area contributed by atoms with Crippen LogP contribution in [0.1, 0.15) is 29.3 Å². The molecule has 5 aromatic carbocycles. The summed E-state index contributed by atoms with van der Waals surface area (Å²) in [5.41, 5.74) is 7.67. The summed E-state index contributed by atoms with van der Waals surface area (Å²) < 4.78 is 221. The molecule has 10 N–H and O–H groups in total. The minimum Gasteiger partial charge on any atom is -0.494 e. The molecule has 0 bridgehead atoms. The van der Waals surface area contributed by atoms with E-state index in [1.807, 2.05) is 0 Å². The third-order valence-corrected chi connectivity index (χ3v) is 15.7. The maximum absolute atomic E-state index is 13.1. The lowest BCUT2D eigenvalue weighted by molar-refractivity contribution is -0.114. The number of carboxylic acid groups (broad SMARTS) is 1. The number of nitrogens with two attached hydrogens (primary N) is 2. The van der Waals surface area contributed by atoms with Gasteiger partial charge in [0.15, 0.2) is 19.7 Å². The predicted octanol–water partition coefficient (Wildman–Crippen LogP) is 5.36. The molecule has 0 atom stereocenters. The van der Waals surface area contributed by atoms with Crippen molar-refractivity contribution in [3.63, 3.8) is 0 Å². The molecule has 460 valence electrons. The maximum atomic E-state index is 13.1. The molecule has 0 radical (unpaired) electrons. The van der Waals surface area contributed by atoms with E-state index in [0.29, 0.717) is 0 Å². The van der Waals surface area contributed by atoms with E-state index in [1.54, 1.807) is 0 Å².